The molecule has 1 nitrogen and oxygen atoms in total. The van der Waals surface area contributed by atoms with E-state index in [4.69, 9.17) is 13.6 Å². The van der Waals surface area contributed by atoms with Gasteiger partial charge in [-0.15, -0.1) is 0 Å². The van der Waals surface area contributed by atoms with Crippen LogP contribution in [-0.2, 0) is 0 Å². The van der Waals surface area contributed by atoms with Gasteiger partial charge in [-0.2, -0.15) is 0 Å². The standard InChI is InChI=1S/C11H22BN/c1-11(12)7-3-2-5-10(9-13)6-4-8-11/h10H,2-9,13H2,1H3. The highest BCUT2D eigenvalue weighted by Crippen LogP contribution is 2.36. The van der Waals surface area contributed by atoms with Crippen LogP contribution in [0.1, 0.15) is 51.9 Å². The molecule has 1 aliphatic carbocycles. The van der Waals surface area contributed by atoms with E-state index in [0.717, 1.165) is 12.5 Å². The van der Waals surface area contributed by atoms with Crippen molar-refractivity contribution in [2.75, 3.05) is 6.54 Å². The average molecular weight is 179 g/mol. The Bertz CT molecular complexity index is 145. The van der Waals surface area contributed by atoms with Crippen molar-refractivity contribution >= 4 is 7.85 Å². The molecule has 0 aromatic carbocycles. The van der Waals surface area contributed by atoms with Crippen LogP contribution in [0.2, 0.25) is 5.31 Å². The van der Waals surface area contributed by atoms with Gasteiger partial charge in [0.25, 0.3) is 0 Å². The first-order valence-electron chi connectivity index (χ1n) is 5.63. The average Bonchev–Trinajstić information content (AvgIpc) is 2.15. The molecule has 2 heteroatoms. The molecule has 0 heterocycles. The lowest BCUT2D eigenvalue weighted by atomic mass is 9.64. The first kappa shape index (κ1) is 11.1. The third-order valence-electron chi connectivity index (χ3n) is 3.30. The Hall–Kier alpha value is 0.0249. The Balaban J connectivity index is 2.38. The molecule has 1 fully saturated rings. The minimum absolute atomic E-state index is 0.0868. The fourth-order valence-electron chi connectivity index (χ4n) is 2.26. The van der Waals surface area contributed by atoms with Gasteiger partial charge in [0.1, 0.15) is 0 Å². The van der Waals surface area contributed by atoms with E-state index in [2.05, 4.69) is 6.92 Å². The van der Waals surface area contributed by atoms with Crippen molar-refractivity contribution in [3.8, 4) is 0 Å². The summed E-state index contributed by atoms with van der Waals surface area (Å²) in [5.41, 5.74) is 5.71. The Morgan fingerprint density at radius 3 is 2.54 bits per heavy atom. The second-order valence-corrected chi connectivity index (χ2v) is 4.89. The van der Waals surface area contributed by atoms with Gasteiger partial charge in [0.15, 0.2) is 0 Å². The summed E-state index contributed by atoms with van der Waals surface area (Å²) in [7, 11) is 6.17. The van der Waals surface area contributed by atoms with Crippen molar-refractivity contribution in [1.82, 2.24) is 0 Å². The Labute approximate surface area is 83.9 Å². The van der Waals surface area contributed by atoms with Gasteiger partial charge in [0.2, 0.25) is 0 Å². The van der Waals surface area contributed by atoms with Gasteiger partial charge in [-0.05, 0) is 25.3 Å². The molecule has 2 radical (unpaired) electrons. The highest BCUT2D eigenvalue weighted by molar-refractivity contribution is 6.14. The molecular formula is C11H22BN. The van der Waals surface area contributed by atoms with E-state index < -0.39 is 0 Å². The van der Waals surface area contributed by atoms with Crippen molar-refractivity contribution in [1.29, 1.82) is 0 Å². The van der Waals surface area contributed by atoms with Gasteiger partial charge in [0.05, 0.1) is 7.85 Å². The predicted molar refractivity (Wildman–Crippen MR) is 59.0 cm³/mol. The Morgan fingerprint density at radius 1 is 1.23 bits per heavy atom. The zero-order valence-corrected chi connectivity index (χ0v) is 8.89. The van der Waals surface area contributed by atoms with Gasteiger partial charge in [-0.1, -0.05) is 44.3 Å². The molecule has 0 aromatic rings. The molecule has 0 spiro atoms. The summed E-state index contributed by atoms with van der Waals surface area (Å²) < 4.78 is 0. The van der Waals surface area contributed by atoms with Crippen molar-refractivity contribution in [3.63, 3.8) is 0 Å². The highest BCUT2D eigenvalue weighted by Gasteiger charge is 2.19. The van der Waals surface area contributed by atoms with Gasteiger partial charge < -0.3 is 5.73 Å². The topological polar surface area (TPSA) is 26.0 Å². The van der Waals surface area contributed by atoms with Gasteiger partial charge in [0, 0.05) is 0 Å². The molecule has 2 atom stereocenters. The molecule has 0 aliphatic heterocycles. The lowest BCUT2D eigenvalue weighted by molar-refractivity contribution is 0.432. The van der Waals surface area contributed by atoms with Crippen LogP contribution in [0.25, 0.3) is 0 Å². The lowest BCUT2D eigenvalue weighted by Gasteiger charge is -2.24. The fourth-order valence-corrected chi connectivity index (χ4v) is 2.26. The van der Waals surface area contributed by atoms with Crippen LogP contribution in [0.5, 0.6) is 0 Å². The number of hydrogen-bond donors (Lipinski definition) is 1. The summed E-state index contributed by atoms with van der Waals surface area (Å²) in [6.07, 6.45) is 8.80. The summed E-state index contributed by atoms with van der Waals surface area (Å²) in [6.45, 7) is 3.05. The molecule has 1 aliphatic rings. The highest BCUT2D eigenvalue weighted by atomic mass is 14.5. The summed E-state index contributed by atoms with van der Waals surface area (Å²) in [5, 5.41) is 0.0868. The molecule has 0 bridgehead atoms. The minimum atomic E-state index is 0.0868. The quantitative estimate of drug-likeness (QED) is 0.615. The van der Waals surface area contributed by atoms with Crippen molar-refractivity contribution < 1.29 is 0 Å². The van der Waals surface area contributed by atoms with Crippen molar-refractivity contribution in [2.45, 2.75) is 57.2 Å². The van der Waals surface area contributed by atoms with Crippen LogP contribution in [0.15, 0.2) is 0 Å². The van der Waals surface area contributed by atoms with Gasteiger partial charge in [-0.3, -0.25) is 0 Å². The monoisotopic (exact) mass is 179 g/mol. The molecule has 1 saturated carbocycles. The first-order chi connectivity index (χ1) is 6.14. The predicted octanol–water partition coefficient (Wildman–Crippen LogP) is 2.65. The maximum atomic E-state index is 6.17. The first-order valence-corrected chi connectivity index (χ1v) is 5.63. The second-order valence-electron chi connectivity index (χ2n) is 4.89. The van der Waals surface area contributed by atoms with E-state index in [0.29, 0.717) is 0 Å². The third kappa shape index (κ3) is 4.17. The third-order valence-corrected chi connectivity index (χ3v) is 3.30. The summed E-state index contributed by atoms with van der Waals surface area (Å²) in [5.74, 6) is 0.758. The molecule has 74 valence electrons. The zero-order valence-electron chi connectivity index (χ0n) is 8.89. The van der Waals surface area contributed by atoms with Crippen LogP contribution >= 0.6 is 0 Å². The van der Waals surface area contributed by atoms with Gasteiger partial charge in [-0.25, -0.2) is 0 Å². The molecule has 2 N–H and O–H groups in total. The smallest absolute Gasteiger partial charge is 0.0742 e. The van der Waals surface area contributed by atoms with E-state index in [1.165, 1.54) is 44.9 Å². The maximum Gasteiger partial charge on any atom is 0.0742 e. The van der Waals surface area contributed by atoms with Crippen LogP contribution in [0.4, 0.5) is 0 Å². The van der Waals surface area contributed by atoms with Crippen LogP contribution in [-0.4, -0.2) is 14.4 Å². The molecular weight excluding hydrogens is 157 g/mol. The summed E-state index contributed by atoms with van der Waals surface area (Å²) in [4.78, 5) is 0. The van der Waals surface area contributed by atoms with Gasteiger partial charge >= 0.3 is 0 Å². The molecule has 0 amide bonds. The minimum Gasteiger partial charge on any atom is -0.330 e. The molecule has 0 aromatic heterocycles. The lowest BCUT2D eigenvalue weighted by Crippen LogP contribution is -2.14. The summed E-state index contributed by atoms with van der Waals surface area (Å²) >= 11 is 0. The second kappa shape index (κ2) is 5.04. The van der Waals surface area contributed by atoms with E-state index in [9.17, 15) is 0 Å². The van der Waals surface area contributed by atoms with Crippen LogP contribution < -0.4 is 5.73 Å². The largest absolute Gasteiger partial charge is 0.330 e. The fraction of sp³-hybridized carbons (Fsp3) is 1.00. The molecule has 2 unspecified atom stereocenters. The summed E-state index contributed by atoms with van der Waals surface area (Å²) in [6, 6.07) is 0. The number of hydrogen-bond acceptors (Lipinski definition) is 1. The Kier molecular flexibility index (Phi) is 4.31. The van der Waals surface area contributed by atoms with Crippen LogP contribution in [0, 0.1) is 5.92 Å². The molecule has 0 saturated heterocycles. The van der Waals surface area contributed by atoms with E-state index in [1.54, 1.807) is 0 Å². The van der Waals surface area contributed by atoms with Crippen molar-refractivity contribution in [2.24, 2.45) is 11.7 Å². The number of rotatable bonds is 1. The Morgan fingerprint density at radius 2 is 1.85 bits per heavy atom. The van der Waals surface area contributed by atoms with Crippen molar-refractivity contribution in [3.05, 3.63) is 0 Å². The molecule has 13 heavy (non-hydrogen) atoms. The molecule has 1 rings (SSSR count). The maximum absolute atomic E-state index is 6.17. The van der Waals surface area contributed by atoms with E-state index in [1.807, 2.05) is 0 Å². The number of nitrogens with two attached hydrogens (primary N) is 1. The SMILES string of the molecule is [B]C1(C)CCCCC(CN)CCC1. The normalized spacial score (nSPS) is 37.5. The van der Waals surface area contributed by atoms with Crippen LogP contribution in [0.3, 0.4) is 0 Å². The zero-order chi connectivity index (χ0) is 9.73. The van der Waals surface area contributed by atoms with E-state index in [-0.39, 0.29) is 5.31 Å². The van der Waals surface area contributed by atoms with E-state index >= 15 is 0 Å².